The van der Waals surface area contributed by atoms with Crippen molar-refractivity contribution in [2.24, 2.45) is 7.05 Å². The van der Waals surface area contributed by atoms with Gasteiger partial charge >= 0.3 is 12.0 Å². The summed E-state index contributed by atoms with van der Waals surface area (Å²) in [7, 11) is 1.82. The second-order valence-electron chi connectivity index (χ2n) is 6.07. The number of rotatable bonds is 7. The third-order valence-corrected chi connectivity index (χ3v) is 5.14. The topological polar surface area (TPSA) is 121 Å². The number of nitrogens with one attached hydrogen (secondary N) is 1. The maximum atomic E-state index is 12.3. The molecular weight excluding hydrogens is 346 g/mol. The summed E-state index contributed by atoms with van der Waals surface area (Å²) < 4.78 is 1.79. The fourth-order valence-corrected chi connectivity index (χ4v) is 3.41. The molecule has 0 radical (unpaired) electrons. The molecule has 9 nitrogen and oxygen atoms in total. The average Bonchev–Trinajstić information content (AvgIpc) is 2.98. The van der Waals surface area contributed by atoms with Gasteiger partial charge in [-0.3, -0.25) is 0 Å². The monoisotopic (exact) mass is 371 g/mol. The van der Waals surface area contributed by atoms with Crippen molar-refractivity contribution < 1.29 is 19.8 Å². The standard InChI is InChI=1S/C15H25N5O4S/c1-19-12(9-21)17-18-13(19)10-3-6-20(7-4-10)15(24)16-11(14(22)23)5-8-25-2/h10-11,21H,3-9H2,1-2H3,(H,16,24)(H,22,23)/t11-/m0/s1. The molecule has 1 aromatic heterocycles. The van der Waals surface area contributed by atoms with Gasteiger partial charge in [0.05, 0.1) is 0 Å². The number of aliphatic hydroxyl groups is 1. The van der Waals surface area contributed by atoms with Crippen LogP contribution in [0.4, 0.5) is 4.79 Å². The molecule has 1 aromatic rings. The lowest BCUT2D eigenvalue weighted by molar-refractivity contribution is -0.139. The molecule has 2 amide bonds. The molecule has 10 heteroatoms. The van der Waals surface area contributed by atoms with E-state index in [1.807, 2.05) is 13.3 Å². The van der Waals surface area contributed by atoms with Crippen LogP contribution in [0.3, 0.4) is 0 Å². The maximum absolute atomic E-state index is 12.3. The van der Waals surface area contributed by atoms with Gasteiger partial charge in [0.15, 0.2) is 5.82 Å². The Bertz CT molecular complexity index is 601. The number of nitrogens with zero attached hydrogens (tertiary/aromatic N) is 4. The molecule has 2 heterocycles. The Morgan fingerprint density at radius 1 is 1.36 bits per heavy atom. The van der Waals surface area contributed by atoms with Crippen molar-refractivity contribution in [1.82, 2.24) is 25.0 Å². The first-order valence-electron chi connectivity index (χ1n) is 8.24. The molecule has 140 valence electrons. The predicted molar refractivity (Wildman–Crippen MR) is 93.4 cm³/mol. The Morgan fingerprint density at radius 2 is 2.04 bits per heavy atom. The number of aliphatic carboxylic acids is 1. The quantitative estimate of drug-likeness (QED) is 0.634. The van der Waals surface area contributed by atoms with Gasteiger partial charge in [-0.05, 0) is 31.3 Å². The minimum atomic E-state index is -1.01. The van der Waals surface area contributed by atoms with E-state index in [-0.39, 0.29) is 18.6 Å². The van der Waals surface area contributed by atoms with Gasteiger partial charge in [0, 0.05) is 26.1 Å². The van der Waals surface area contributed by atoms with E-state index in [0.717, 1.165) is 18.7 Å². The van der Waals surface area contributed by atoms with E-state index < -0.39 is 12.0 Å². The van der Waals surface area contributed by atoms with Crippen LogP contribution >= 0.6 is 11.8 Å². The normalized spacial score (nSPS) is 16.7. The van der Waals surface area contributed by atoms with Gasteiger partial charge in [-0.15, -0.1) is 10.2 Å². The minimum Gasteiger partial charge on any atom is -0.480 e. The first-order valence-corrected chi connectivity index (χ1v) is 9.63. The number of hydrogen-bond acceptors (Lipinski definition) is 6. The third kappa shape index (κ3) is 4.85. The van der Waals surface area contributed by atoms with Crippen LogP contribution in [0.5, 0.6) is 0 Å². The first-order chi connectivity index (χ1) is 12.0. The molecule has 1 aliphatic rings. The molecule has 3 N–H and O–H groups in total. The van der Waals surface area contributed by atoms with Crippen molar-refractivity contribution in [3.63, 3.8) is 0 Å². The zero-order valence-corrected chi connectivity index (χ0v) is 15.3. The van der Waals surface area contributed by atoms with Crippen molar-refractivity contribution in [2.45, 2.75) is 37.8 Å². The van der Waals surface area contributed by atoms with E-state index in [9.17, 15) is 19.8 Å². The van der Waals surface area contributed by atoms with E-state index in [1.54, 1.807) is 21.2 Å². The highest BCUT2D eigenvalue weighted by atomic mass is 32.2. The van der Waals surface area contributed by atoms with Crippen LogP contribution in [-0.4, -0.2) is 73.0 Å². The number of aromatic nitrogens is 3. The molecule has 1 saturated heterocycles. The molecule has 0 bridgehead atoms. The smallest absolute Gasteiger partial charge is 0.326 e. The molecule has 1 aliphatic heterocycles. The largest absolute Gasteiger partial charge is 0.480 e. The zero-order chi connectivity index (χ0) is 18.4. The maximum Gasteiger partial charge on any atom is 0.326 e. The van der Waals surface area contributed by atoms with Crippen LogP contribution < -0.4 is 5.32 Å². The average molecular weight is 371 g/mol. The highest BCUT2D eigenvalue weighted by Crippen LogP contribution is 2.26. The molecule has 1 fully saturated rings. The molecule has 0 saturated carbocycles. The van der Waals surface area contributed by atoms with E-state index in [1.165, 1.54) is 0 Å². The molecular formula is C15H25N5O4S. The fourth-order valence-electron chi connectivity index (χ4n) is 2.94. The van der Waals surface area contributed by atoms with Crippen LogP contribution in [0, 0.1) is 0 Å². The number of urea groups is 1. The predicted octanol–water partition coefficient (Wildman–Crippen LogP) is 0.403. The molecule has 2 rings (SSSR count). The molecule has 25 heavy (non-hydrogen) atoms. The number of thioether (sulfide) groups is 1. The number of carboxylic acid groups (broad SMARTS) is 1. The fraction of sp³-hybridized carbons (Fsp3) is 0.733. The van der Waals surface area contributed by atoms with Crippen molar-refractivity contribution in [1.29, 1.82) is 0 Å². The lowest BCUT2D eigenvalue weighted by atomic mass is 9.96. The van der Waals surface area contributed by atoms with Gasteiger partial charge in [0.25, 0.3) is 0 Å². The summed E-state index contributed by atoms with van der Waals surface area (Å²) in [5.74, 6) is 1.18. The number of likely N-dealkylation sites (tertiary alicyclic amines) is 1. The third-order valence-electron chi connectivity index (χ3n) is 4.49. The SMILES string of the molecule is CSCC[C@H](NC(=O)N1CCC(c2nnc(CO)n2C)CC1)C(=O)O. The minimum absolute atomic E-state index is 0.155. The molecule has 0 spiro atoms. The van der Waals surface area contributed by atoms with Gasteiger partial charge in [-0.2, -0.15) is 11.8 Å². The summed E-state index contributed by atoms with van der Waals surface area (Å²) in [6.07, 6.45) is 3.77. The van der Waals surface area contributed by atoms with E-state index in [4.69, 9.17) is 0 Å². The molecule has 1 atom stereocenters. The number of carboxylic acids is 1. The highest BCUT2D eigenvalue weighted by molar-refractivity contribution is 7.98. The van der Waals surface area contributed by atoms with Crippen molar-refractivity contribution in [2.75, 3.05) is 25.1 Å². The number of amides is 2. The van der Waals surface area contributed by atoms with Crippen molar-refractivity contribution >= 4 is 23.8 Å². The van der Waals surface area contributed by atoms with Crippen LogP contribution in [0.1, 0.15) is 36.8 Å². The Labute approximate surface area is 150 Å². The summed E-state index contributed by atoms with van der Waals surface area (Å²) in [5, 5.41) is 29.1. The van der Waals surface area contributed by atoms with E-state index in [2.05, 4.69) is 15.5 Å². The number of carbonyl (C=O) groups excluding carboxylic acids is 1. The number of piperidine rings is 1. The van der Waals surface area contributed by atoms with Crippen molar-refractivity contribution in [3.05, 3.63) is 11.6 Å². The van der Waals surface area contributed by atoms with Crippen LogP contribution in [0.25, 0.3) is 0 Å². The van der Waals surface area contributed by atoms with Gasteiger partial charge < -0.3 is 25.0 Å². The van der Waals surface area contributed by atoms with Gasteiger partial charge in [-0.1, -0.05) is 0 Å². The molecule has 0 aromatic carbocycles. The van der Waals surface area contributed by atoms with Gasteiger partial charge in [0.1, 0.15) is 18.5 Å². The highest BCUT2D eigenvalue weighted by Gasteiger charge is 2.29. The second kappa shape index (κ2) is 9.04. The lowest BCUT2D eigenvalue weighted by Gasteiger charge is -2.32. The number of aliphatic hydroxyl groups excluding tert-OH is 1. The summed E-state index contributed by atoms with van der Waals surface area (Å²) in [6, 6.07) is -1.19. The van der Waals surface area contributed by atoms with Gasteiger partial charge in [0.2, 0.25) is 0 Å². The van der Waals surface area contributed by atoms with Crippen LogP contribution in [-0.2, 0) is 18.4 Å². The number of carbonyl (C=O) groups is 2. The summed E-state index contributed by atoms with van der Waals surface area (Å²) in [4.78, 5) is 25.2. The molecule has 0 aliphatic carbocycles. The summed E-state index contributed by atoms with van der Waals surface area (Å²) >= 11 is 1.55. The van der Waals surface area contributed by atoms with E-state index >= 15 is 0 Å². The van der Waals surface area contributed by atoms with E-state index in [0.29, 0.717) is 31.1 Å². The van der Waals surface area contributed by atoms with Crippen LogP contribution in [0.2, 0.25) is 0 Å². The number of hydrogen-bond donors (Lipinski definition) is 3. The Balaban J connectivity index is 1.89. The Hall–Kier alpha value is -1.81. The second-order valence-corrected chi connectivity index (χ2v) is 7.06. The molecule has 0 unspecified atom stereocenters. The Morgan fingerprint density at radius 3 is 2.56 bits per heavy atom. The summed E-state index contributed by atoms with van der Waals surface area (Å²) in [5.41, 5.74) is 0. The zero-order valence-electron chi connectivity index (χ0n) is 14.5. The van der Waals surface area contributed by atoms with Crippen LogP contribution in [0.15, 0.2) is 0 Å². The summed E-state index contributed by atoms with van der Waals surface area (Å²) in [6.45, 7) is 0.913. The lowest BCUT2D eigenvalue weighted by Crippen LogP contribution is -2.50. The van der Waals surface area contributed by atoms with Gasteiger partial charge in [-0.25, -0.2) is 9.59 Å². The van der Waals surface area contributed by atoms with Crippen molar-refractivity contribution in [3.8, 4) is 0 Å². The first kappa shape index (κ1) is 19.5. The Kier molecular flexibility index (Phi) is 7.06.